The van der Waals surface area contributed by atoms with Crippen LogP contribution < -0.4 is 4.80 Å². The van der Waals surface area contributed by atoms with Crippen molar-refractivity contribution in [3.63, 3.8) is 0 Å². The van der Waals surface area contributed by atoms with Gasteiger partial charge in [-0.05, 0) is 25.3 Å². The Kier molecular flexibility index (Phi) is 3.54. The molecule has 0 fully saturated rings. The van der Waals surface area contributed by atoms with Crippen molar-refractivity contribution in [2.45, 2.75) is 20.4 Å². The number of hydrogen-bond acceptors (Lipinski definition) is 4. The molecule has 24 heavy (non-hydrogen) atoms. The molecule has 1 amide bonds. The van der Waals surface area contributed by atoms with Gasteiger partial charge in [-0.1, -0.05) is 46.8 Å². The summed E-state index contributed by atoms with van der Waals surface area (Å²) in [5.74, 6) is 0.212. The molecule has 0 N–H and O–H groups in total. The predicted octanol–water partition coefficient (Wildman–Crippen LogP) is 3.91. The van der Waals surface area contributed by atoms with Gasteiger partial charge in [0.1, 0.15) is 5.76 Å². The lowest BCUT2D eigenvalue weighted by molar-refractivity contribution is 0.0989. The molecule has 0 aliphatic carbocycles. The van der Waals surface area contributed by atoms with E-state index in [9.17, 15) is 4.79 Å². The first kappa shape index (κ1) is 14.8. The number of fused-ring (bicyclic) bond motifs is 3. The number of nitrogens with zero attached hydrogens (tertiary/aromatic N) is 3. The van der Waals surface area contributed by atoms with Crippen molar-refractivity contribution in [2.75, 3.05) is 0 Å². The van der Waals surface area contributed by atoms with Crippen LogP contribution in [0.2, 0.25) is 0 Å². The lowest BCUT2D eigenvalue weighted by Gasteiger charge is -2.02. The average Bonchev–Trinajstić information content (AvgIpc) is 3.18. The van der Waals surface area contributed by atoms with Crippen LogP contribution in [0.3, 0.4) is 0 Å². The molecule has 0 aliphatic rings. The Morgan fingerprint density at radius 1 is 1.29 bits per heavy atom. The Morgan fingerprint density at radius 3 is 2.88 bits per heavy atom. The van der Waals surface area contributed by atoms with E-state index < -0.39 is 0 Å². The highest BCUT2D eigenvalue weighted by molar-refractivity contribution is 7.17. The summed E-state index contributed by atoms with van der Waals surface area (Å²) in [5.41, 5.74) is 1.32. The maximum atomic E-state index is 12.3. The highest BCUT2D eigenvalue weighted by Crippen LogP contribution is 2.27. The van der Waals surface area contributed by atoms with Crippen molar-refractivity contribution in [3.05, 3.63) is 58.7 Å². The zero-order valence-electron chi connectivity index (χ0n) is 13.3. The van der Waals surface area contributed by atoms with Crippen LogP contribution >= 0.6 is 11.3 Å². The highest BCUT2D eigenvalue weighted by atomic mass is 32.1. The maximum Gasteiger partial charge on any atom is 0.301 e. The van der Waals surface area contributed by atoms with Crippen molar-refractivity contribution in [2.24, 2.45) is 4.99 Å². The summed E-state index contributed by atoms with van der Waals surface area (Å²) in [6.07, 6.45) is 0. The van der Waals surface area contributed by atoms with Gasteiger partial charge < -0.3 is 9.09 Å². The molecule has 5 nitrogen and oxygen atoms in total. The molecular weight excluding hydrogens is 322 g/mol. The molecule has 2 aromatic carbocycles. The summed E-state index contributed by atoms with van der Waals surface area (Å²) in [5, 5.41) is 6.10. The largest absolute Gasteiger partial charge is 0.361 e. The lowest BCUT2D eigenvalue weighted by atomic mass is 10.1. The van der Waals surface area contributed by atoms with Crippen LogP contribution in [0, 0.1) is 6.92 Å². The van der Waals surface area contributed by atoms with Crippen molar-refractivity contribution in [3.8, 4) is 0 Å². The molecule has 2 aromatic heterocycles. The van der Waals surface area contributed by atoms with Crippen molar-refractivity contribution < 1.29 is 9.32 Å². The number of rotatable bonds is 2. The lowest BCUT2D eigenvalue weighted by Crippen LogP contribution is -2.15. The normalized spacial score (nSPS) is 12.3. The van der Waals surface area contributed by atoms with Crippen LogP contribution in [0.15, 0.2) is 52.0 Å². The molecule has 2 heterocycles. The van der Waals surface area contributed by atoms with Crippen LogP contribution in [0.5, 0.6) is 0 Å². The minimum atomic E-state index is -0.384. The number of benzene rings is 2. The SMILES string of the molecule is CCn1c(=NC(=O)c2cc(C)on2)sc2c3ccccc3ccc21. The molecule has 4 rings (SSSR count). The summed E-state index contributed by atoms with van der Waals surface area (Å²) in [6.45, 7) is 4.54. The summed E-state index contributed by atoms with van der Waals surface area (Å²) in [7, 11) is 0. The predicted molar refractivity (Wildman–Crippen MR) is 94.1 cm³/mol. The van der Waals surface area contributed by atoms with Gasteiger partial charge in [0.25, 0.3) is 0 Å². The monoisotopic (exact) mass is 337 g/mol. The molecule has 120 valence electrons. The third-order valence-electron chi connectivity index (χ3n) is 3.93. The topological polar surface area (TPSA) is 60.4 Å². The second-order valence-corrected chi connectivity index (χ2v) is 6.48. The van der Waals surface area contributed by atoms with Crippen LogP contribution in [0.25, 0.3) is 21.0 Å². The van der Waals surface area contributed by atoms with Crippen molar-refractivity contribution >= 4 is 38.2 Å². The second-order valence-electron chi connectivity index (χ2n) is 5.50. The Bertz CT molecular complexity index is 1130. The first-order chi connectivity index (χ1) is 11.7. The molecule has 6 heteroatoms. The van der Waals surface area contributed by atoms with Crippen molar-refractivity contribution in [1.29, 1.82) is 0 Å². The standard InChI is InChI=1S/C18H15N3O2S/c1-3-21-15-9-8-12-6-4-5-7-13(12)16(15)24-18(21)19-17(22)14-10-11(2)23-20-14/h4-10H,3H2,1-2H3. The third kappa shape index (κ3) is 2.35. The molecule has 0 spiro atoms. The number of carbonyl (C=O) groups is 1. The van der Waals surface area contributed by atoms with Gasteiger partial charge in [0.15, 0.2) is 10.5 Å². The van der Waals surface area contributed by atoms with Gasteiger partial charge in [0, 0.05) is 18.0 Å². The number of aryl methyl sites for hydroxylation is 2. The van der Waals surface area contributed by atoms with E-state index in [4.69, 9.17) is 4.52 Å². The molecule has 0 atom stereocenters. The van der Waals surface area contributed by atoms with Crippen LogP contribution in [-0.2, 0) is 6.54 Å². The van der Waals surface area contributed by atoms with Crippen LogP contribution in [0.1, 0.15) is 23.2 Å². The number of carbonyl (C=O) groups excluding carboxylic acids is 1. The number of amides is 1. The summed E-state index contributed by atoms with van der Waals surface area (Å²) in [4.78, 5) is 17.3. The fraction of sp³-hybridized carbons (Fsp3) is 0.167. The minimum Gasteiger partial charge on any atom is -0.361 e. The van der Waals surface area contributed by atoms with Gasteiger partial charge in [-0.2, -0.15) is 4.99 Å². The third-order valence-corrected chi connectivity index (χ3v) is 5.06. The quantitative estimate of drug-likeness (QED) is 0.557. The molecule has 0 saturated heterocycles. The molecule has 0 bridgehead atoms. The molecule has 0 saturated carbocycles. The first-order valence-corrected chi connectivity index (χ1v) is 8.52. The maximum absolute atomic E-state index is 12.3. The van der Waals surface area contributed by atoms with E-state index in [0.717, 1.165) is 16.8 Å². The van der Waals surface area contributed by atoms with Gasteiger partial charge in [-0.15, -0.1) is 0 Å². The summed E-state index contributed by atoms with van der Waals surface area (Å²) >= 11 is 1.52. The Labute approximate surface area is 141 Å². The molecule has 0 unspecified atom stereocenters. The van der Waals surface area contributed by atoms with E-state index in [1.165, 1.54) is 22.1 Å². The van der Waals surface area contributed by atoms with Gasteiger partial charge >= 0.3 is 5.91 Å². The van der Waals surface area contributed by atoms with E-state index in [1.807, 2.05) is 19.1 Å². The fourth-order valence-corrected chi connectivity index (χ4v) is 4.03. The van der Waals surface area contributed by atoms with E-state index >= 15 is 0 Å². The second kappa shape index (κ2) is 5.72. The van der Waals surface area contributed by atoms with Crippen molar-refractivity contribution in [1.82, 2.24) is 9.72 Å². The number of thiazole rings is 1. The fourth-order valence-electron chi connectivity index (χ4n) is 2.80. The van der Waals surface area contributed by atoms with Crippen LogP contribution in [-0.4, -0.2) is 15.6 Å². The smallest absolute Gasteiger partial charge is 0.301 e. The summed E-state index contributed by atoms with van der Waals surface area (Å²) in [6, 6.07) is 14.0. The molecule has 0 radical (unpaired) electrons. The molecular formula is C18H15N3O2S. The zero-order valence-corrected chi connectivity index (χ0v) is 14.1. The Morgan fingerprint density at radius 2 is 2.12 bits per heavy atom. The van der Waals surface area contributed by atoms with E-state index in [0.29, 0.717) is 10.6 Å². The number of aromatic nitrogens is 2. The first-order valence-electron chi connectivity index (χ1n) is 7.71. The zero-order chi connectivity index (χ0) is 16.7. The van der Waals surface area contributed by atoms with E-state index in [-0.39, 0.29) is 11.6 Å². The van der Waals surface area contributed by atoms with E-state index in [2.05, 4.69) is 39.0 Å². The summed E-state index contributed by atoms with van der Waals surface area (Å²) < 4.78 is 8.15. The van der Waals surface area contributed by atoms with Gasteiger partial charge in [-0.3, -0.25) is 4.79 Å². The molecule has 0 aliphatic heterocycles. The van der Waals surface area contributed by atoms with E-state index in [1.54, 1.807) is 13.0 Å². The highest BCUT2D eigenvalue weighted by Gasteiger charge is 2.13. The van der Waals surface area contributed by atoms with Gasteiger partial charge in [0.05, 0.1) is 10.2 Å². The minimum absolute atomic E-state index is 0.234. The Hall–Kier alpha value is -2.73. The van der Waals surface area contributed by atoms with Crippen LogP contribution in [0.4, 0.5) is 0 Å². The Balaban J connectivity index is 1.96. The average molecular weight is 337 g/mol. The van der Waals surface area contributed by atoms with Gasteiger partial charge in [0.2, 0.25) is 0 Å². The van der Waals surface area contributed by atoms with Gasteiger partial charge in [-0.25, -0.2) is 0 Å². The number of hydrogen-bond donors (Lipinski definition) is 0. The molecule has 4 aromatic rings.